The van der Waals surface area contributed by atoms with Gasteiger partial charge in [0.25, 0.3) is 0 Å². The molecule has 0 aromatic heterocycles. The minimum absolute atomic E-state index is 0.581. The average Bonchev–Trinajstić information content (AvgIpc) is 2.77. The molecule has 0 amide bonds. The van der Waals surface area contributed by atoms with Crippen molar-refractivity contribution < 1.29 is 0 Å². The monoisotopic (exact) mass is 472 g/mol. The number of hydrogen-bond acceptors (Lipinski definition) is 0. The summed E-state index contributed by atoms with van der Waals surface area (Å²) in [4.78, 5) is 0. The van der Waals surface area contributed by atoms with E-state index >= 15 is 0 Å². The summed E-state index contributed by atoms with van der Waals surface area (Å²) in [5.74, 6) is 0. The summed E-state index contributed by atoms with van der Waals surface area (Å²) in [6.07, 6.45) is 0. The van der Waals surface area contributed by atoms with Gasteiger partial charge in [0.2, 0.25) is 0 Å². The van der Waals surface area contributed by atoms with E-state index in [0.717, 1.165) is 0 Å². The van der Waals surface area contributed by atoms with Crippen molar-refractivity contribution in [3.8, 4) is 0 Å². The van der Waals surface area contributed by atoms with Crippen LogP contribution in [0.2, 0.25) is 0 Å². The van der Waals surface area contributed by atoms with Crippen LogP contribution in [-0.2, 0) is 0 Å². The molecule has 4 aromatic carbocycles. The van der Waals surface area contributed by atoms with E-state index in [1.165, 1.54) is 22.3 Å². The molecule has 0 unspecified atom stereocenters. The van der Waals surface area contributed by atoms with E-state index in [4.69, 9.17) is 0 Å². The quantitative estimate of drug-likeness (QED) is 0.291. The van der Waals surface area contributed by atoms with Gasteiger partial charge in [-0.05, 0) is 0 Å². The summed E-state index contributed by atoms with van der Waals surface area (Å²) in [7, 11) is 0. The van der Waals surface area contributed by atoms with Crippen molar-refractivity contribution in [2.45, 2.75) is 0.772 Å². The van der Waals surface area contributed by atoms with E-state index in [2.05, 4.69) is 121 Å². The van der Waals surface area contributed by atoms with Gasteiger partial charge < -0.3 is 0 Å². The molecule has 0 saturated heterocycles. The molecule has 0 bridgehead atoms. The van der Waals surface area contributed by atoms with Crippen molar-refractivity contribution in [2.24, 2.45) is 0 Å². The van der Waals surface area contributed by atoms with Crippen LogP contribution < -0.4 is 0 Å². The van der Waals surface area contributed by atoms with Crippen molar-refractivity contribution in [1.82, 2.24) is 0 Å². The molecule has 0 nitrogen and oxygen atoms in total. The SMILES string of the molecule is c1ccc([CH]([Ba][CH](c2ccccc2)c2ccccc2)c2ccccc2)cc1. The zero-order valence-electron chi connectivity index (χ0n) is 15.4. The second-order valence-corrected chi connectivity index (χ2v) is 13.6. The van der Waals surface area contributed by atoms with Crippen LogP contribution in [0.5, 0.6) is 0 Å². The van der Waals surface area contributed by atoms with Crippen molar-refractivity contribution >= 4 is 44.2 Å². The summed E-state index contributed by atoms with van der Waals surface area (Å²) in [5.41, 5.74) is 5.90. The van der Waals surface area contributed by atoms with Gasteiger partial charge in [0.1, 0.15) is 0 Å². The van der Waals surface area contributed by atoms with Crippen molar-refractivity contribution in [3.63, 3.8) is 0 Å². The van der Waals surface area contributed by atoms with Crippen molar-refractivity contribution in [3.05, 3.63) is 144 Å². The van der Waals surface area contributed by atoms with Crippen LogP contribution in [0.1, 0.15) is 23.0 Å². The maximum atomic E-state index is 2.31. The summed E-state index contributed by atoms with van der Waals surface area (Å²) in [5, 5.41) is 0. The Kier molecular flexibility index (Phi) is 6.68. The predicted octanol–water partition coefficient (Wildman–Crippen LogP) is 6.27. The van der Waals surface area contributed by atoms with Crippen LogP contribution in [-0.4, -0.2) is 44.2 Å². The first-order valence-electron chi connectivity index (χ1n) is 9.61. The molecule has 0 atom stereocenters. The van der Waals surface area contributed by atoms with Crippen LogP contribution in [0.25, 0.3) is 0 Å². The first kappa shape index (κ1) is 18.8. The molecule has 0 spiro atoms. The molecular formula is C26H22Ba. The van der Waals surface area contributed by atoms with Crippen molar-refractivity contribution in [1.29, 1.82) is 0 Å². The third kappa shape index (κ3) is 4.84. The van der Waals surface area contributed by atoms with Crippen LogP contribution in [0, 0.1) is 0 Å². The van der Waals surface area contributed by atoms with Gasteiger partial charge in [-0.15, -0.1) is 0 Å². The topological polar surface area (TPSA) is 0 Å². The maximum absolute atomic E-state index is 2.31. The second-order valence-electron chi connectivity index (χ2n) is 6.98. The molecule has 0 aliphatic carbocycles. The van der Waals surface area contributed by atoms with Gasteiger partial charge in [-0.2, -0.15) is 0 Å². The fourth-order valence-corrected chi connectivity index (χ4v) is 12.2. The third-order valence-electron chi connectivity index (χ3n) is 5.28. The zero-order valence-corrected chi connectivity index (χ0v) is 19.8. The molecule has 0 radical (unpaired) electrons. The van der Waals surface area contributed by atoms with Gasteiger partial charge in [-0.25, -0.2) is 0 Å². The molecule has 4 rings (SSSR count). The Morgan fingerprint density at radius 1 is 0.333 bits per heavy atom. The zero-order chi connectivity index (χ0) is 18.3. The first-order chi connectivity index (χ1) is 13.4. The summed E-state index contributed by atoms with van der Waals surface area (Å²) in [6.45, 7) is 0. The Bertz CT molecular complexity index is 774. The fraction of sp³-hybridized carbons (Fsp3) is 0.0769. The van der Waals surface area contributed by atoms with Gasteiger partial charge in [0, 0.05) is 0 Å². The molecule has 27 heavy (non-hydrogen) atoms. The van der Waals surface area contributed by atoms with Crippen LogP contribution in [0.4, 0.5) is 0 Å². The normalized spacial score (nSPS) is 10.7. The Hall–Kier alpha value is -1.55. The Morgan fingerprint density at radius 3 is 0.778 bits per heavy atom. The van der Waals surface area contributed by atoms with Gasteiger partial charge in [0.15, 0.2) is 0 Å². The van der Waals surface area contributed by atoms with E-state index in [-0.39, 0.29) is 0 Å². The number of hydrogen-bond donors (Lipinski definition) is 0. The standard InChI is InChI=1S/2C13H11.Ba/c2*1-3-7-12(8-4-1)11-13-9-5-2-6-10-13;/h2*1-11H;. The number of rotatable bonds is 6. The molecule has 1 heteroatoms. The van der Waals surface area contributed by atoms with E-state index in [1.807, 2.05) is 0 Å². The predicted molar refractivity (Wildman–Crippen MR) is 115 cm³/mol. The molecule has 0 saturated carbocycles. The molecule has 0 aliphatic rings. The van der Waals surface area contributed by atoms with Crippen molar-refractivity contribution in [2.75, 3.05) is 0 Å². The average molecular weight is 472 g/mol. The van der Waals surface area contributed by atoms with E-state index in [0.29, 0.717) is 0.772 Å². The molecule has 0 heterocycles. The third-order valence-corrected chi connectivity index (χ3v) is 14.2. The van der Waals surface area contributed by atoms with Gasteiger partial charge in [0.05, 0.1) is 0 Å². The van der Waals surface area contributed by atoms with Gasteiger partial charge >= 0.3 is 189 Å². The molecule has 4 aromatic rings. The Balaban J connectivity index is 1.77. The van der Waals surface area contributed by atoms with Gasteiger partial charge in [-0.1, -0.05) is 0 Å². The van der Waals surface area contributed by atoms with Gasteiger partial charge in [-0.3, -0.25) is 0 Å². The molecular weight excluding hydrogens is 450 g/mol. The van der Waals surface area contributed by atoms with Crippen LogP contribution >= 0.6 is 0 Å². The van der Waals surface area contributed by atoms with E-state index in [9.17, 15) is 0 Å². The summed E-state index contributed by atoms with van der Waals surface area (Å²) in [6, 6.07) is 44.4. The number of benzene rings is 4. The second kappa shape index (κ2) is 9.59. The Labute approximate surface area is 186 Å². The molecule has 0 fully saturated rings. The fourth-order valence-electron chi connectivity index (χ4n) is 3.91. The Morgan fingerprint density at radius 2 is 0.556 bits per heavy atom. The first-order valence-corrected chi connectivity index (χ1v) is 14.7. The molecule has 0 N–H and O–H groups in total. The van der Waals surface area contributed by atoms with E-state index < -0.39 is 44.2 Å². The molecule has 0 aliphatic heterocycles. The van der Waals surface area contributed by atoms with Crippen LogP contribution in [0.3, 0.4) is 0 Å². The summed E-state index contributed by atoms with van der Waals surface area (Å²) < 4.78 is 1.16. The minimum atomic E-state index is -1.51. The van der Waals surface area contributed by atoms with E-state index in [1.54, 1.807) is 0 Å². The van der Waals surface area contributed by atoms with Crippen LogP contribution in [0.15, 0.2) is 121 Å². The molecule has 128 valence electrons. The summed E-state index contributed by atoms with van der Waals surface area (Å²) >= 11 is -1.51.